The van der Waals surface area contributed by atoms with Crippen molar-refractivity contribution in [2.45, 2.75) is 50.2 Å². The molecule has 3 amide bonds. The third-order valence-corrected chi connectivity index (χ3v) is 10.0. The van der Waals surface area contributed by atoms with Gasteiger partial charge in [-0.15, -0.1) is 0 Å². The van der Waals surface area contributed by atoms with Gasteiger partial charge in [0.15, 0.2) is 0 Å². The van der Waals surface area contributed by atoms with Gasteiger partial charge in [-0.25, -0.2) is 4.79 Å². The Morgan fingerprint density at radius 1 is 0.654 bits per heavy atom. The van der Waals surface area contributed by atoms with Gasteiger partial charge >= 0.3 is 5.97 Å². The van der Waals surface area contributed by atoms with E-state index < -0.39 is 35.9 Å². The molecular formula is C43H46N4O5. The maximum Gasteiger partial charge on any atom is 0.328 e. The number of fused-ring (bicyclic) bond motifs is 2. The fourth-order valence-corrected chi connectivity index (χ4v) is 7.04. The van der Waals surface area contributed by atoms with Crippen LogP contribution in [0.4, 0.5) is 0 Å². The SMILES string of the molecule is COC(=O)[C@H](Cc1ccccc1)NC(=O)[C@@H](Cc1ccc2ccccc2c1)NC(=O)[C@@H](Cc1ccc2ccccc2c1)N(C)C(=O)C1CCNCC1. The van der Waals surface area contributed by atoms with E-state index >= 15 is 0 Å². The van der Waals surface area contributed by atoms with E-state index in [4.69, 9.17) is 4.74 Å². The average Bonchev–Trinajstić information content (AvgIpc) is 3.19. The molecule has 0 saturated carbocycles. The zero-order valence-corrected chi connectivity index (χ0v) is 29.7. The zero-order chi connectivity index (χ0) is 36.5. The Hall–Kier alpha value is -5.54. The molecule has 3 atom stereocenters. The highest BCUT2D eigenvalue weighted by Crippen LogP contribution is 2.22. The molecule has 1 fully saturated rings. The van der Waals surface area contributed by atoms with Gasteiger partial charge in [-0.2, -0.15) is 0 Å². The molecule has 5 aromatic carbocycles. The second kappa shape index (κ2) is 17.1. The van der Waals surface area contributed by atoms with Crippen LogP contribution in [0.2, 0.25) is 0 Å². The minimum Gasteiger partial charge on any atom is -0.467 e. The van der Waals surface area contributed by atoms with Crippen molar-refractivity contribution < 1.29 is 23.9 Å². The molecule has 3 N–H and O–H groups in total. The fraction of sp³-hybridized carbons (Fsp3) is 0.302. The molecule has 1 saturated heterocycles. The molecule has 0 spiro atoms. The summed E-state index contributed by atoms with van der Waals surface area (Å²) in [7, 11) is 2.97. The lowest BCUT2D eigenvalue weighted by molar-refractivity contribution is -0.146. The van der Waals surface area contributed by atoms with Crippen LogP contribution < -0.4 is 16.0 Å². The largest absolute Gasteiger partial charge is 0.467 e. The molecule has 52 heavy (non-hydrogen) atoms. The van der Waals surface area contributed by atoms with Crippen LogP contribution in [0.1, 0.15) is 29.5 Å². The molecule has 1 aliphatic rings. The van der Waals surface area contributed by atoms with E-state index in [1.165, 1.54) is 7.11 Å². The smallest absolute Gasteiger partial charge is 0.328 e. The van der Waals surface area contributed by atoms with E-state index in [0.717, 1.165) is 51.3 Å². The summed E-state index contributed by atoms with van der Waals surface area (Å²) >= 11 is 0. The number of methoxy groups -OCH3 is 1. The average molecular weight is 699 g/mol. The number of piperidine rings is 1. The highest BCUT2D eigenvalue weighted by atomic mass is 16.5. The van der Waals surface area contributed by atoms with Gasteiger partial charge in [-0.1, -0.05) is 115 Å². The van der Waals surface area contributed by atoms with Gasteiger partial charge in [0.05, 0.1) is 7.11 Å². The standard InChI is InChI=1S/C43H46N4O5/c1-47(42(50)34-20-22-44-23-21-34)39(28-31-17-19-33-13-7-9-15-36(33)25-31)41(49)45-37(27-30-16-18-32-12-6-8-14-35(32)24-30)40(48)46-38(43(51)52-2)26-29-10-4-3-5-11-29/h3-19,24-25,34,37-39,44H,20-23,26-28H2,1-2H3,(H,45,49)(H,46,48)/t37-,38+,39-/m1/s1. The second-order valence-corrected chi connectivity index (χ2v) is 13.6. The van der Waals surface area contributed by atoms with Crippen molar-refractivity contribution in [3.05, 3.63) is 132 Å². The Morgan fingerprint density at radius 3 is 1.77 bits per heavy atom. The second-order valence-electron chi connectivity index (χ2n) is 13.6. The highest BCUT2D eigenvalue weighted by molar-refractivity contribution is 5.94. The minimum absolute atomic E-state index is 0.0911. The van der Waals surface area contributed by atoms with Crippen molar-refractivity contribution in [2.24, 2.45) is 5.92 Å². The number of hydrogen-bond acceptors (Lipinski definition) is 6. The van der Waals surface area contributed by atoms with E-state index in [-0.39, 0.29) is 31.1 Å². The van der Waals surface area contributed by atoms with Crippen molar-refractivity contribution in [1.29, 1.82) is 0 Å². The first-order valence-electron chi connectivity index (χ1n) is 17.9. The lowest BCUT2D eigenvalue weighted by atomic mass is 9.94. The van der Waals surface area contributed by atoms with Crippen molar-refractivity contribution in [3.8, 4) is 0 Å². The number of amides is 3. The van der Waals surface area contributed by atoms with Crippen molar-refractivity contribution in [2.75, 3.05) is 27.2 Å². The van der Waals surface area contributed by atoms with Gasteiger partial charge in [-0.3, -0.25) is 14.4 Å². The lowest BCUT2D eigenvalue weighted by Crippen LogP contribution is -2.58. The summed E-state index contributed by atoms with van der Waals surface area (Å²) in [6, 6.07) is 34.4. The predicted molar refractivity (Wildman–Crippen MR) is 203 cm³/mol. The van der Waals surface area contributed by atoms with Gasteiger partial charge < -0.3 is 25.6 Å². The monoisotopic (exact) mass is 698 g/mol. The van der Waals surface area contributed by atoms with E-state index in [0.29, 0.717) is 12.8 Å². The van der Waals surface area contributed by atoms with E-state index in [1.807, 2.05) is 115 Å². The zero-order valence-electron chi connectivity index (χ0n) is 29.7. The van der Waals surface area contributed by atoms with Crippen LogP contribution in [-0.4, -0.2) is 74.0 Å². The summed E-state index contributed by atoms with van der Waals surface area (Å²) in [6.45, 7) is 1.48. The maximum atomic E-state index is 14.5. The van der Waals surface area contributed by atoms with Gasteiger partial charge in [0.2, 0.25) is 17.7 Å². The summed E-state index contributed by atoms with van der Waals surface area (Å²) in [4.78, 5) is 57.2. The topological polar surface area (TPSA) is 117 Å². The fourth-order valence-electron chi connectivity index (χ4n) is 7.04. The van der Waals surface area contributed by atoms with Gasteiger partial charge in [0.1, 0.15) is 18.1 Å². The first-order chi connectivity index (χ1) is 25.3. The molecule has 0 radical (unpaired) electrons. The summed E-state index contributed by atoms with van der Waals surface area (Å²) in [6.07, 6.45) is 2.02. The molecule has 0 aromatic heterocycles. The van der Waals surface area contributed by atoms with E-state index in [2.05, 4.69) is 16.0 Å². The maximum absolute atomic E-state index is 14.5. The van der Waals surface area contributed by atoms with Crippen molar-refractivity contribution >= 4 is 45.2 Å². The van der Waals surface area contributed by atoms with Crippen LogP contribution in [0.15, 0.2) is 115 Å². The molecule has 9 nitrogen and oxygen atoms in total. The molecule has 1 heterocycles. The molecule has 5 aromatic rings. The number of carbonyl (C=O) groups is 4. The number of nitrogens with one attached hydrogen (secondary N) is 3. The summed E-state index contributed by atoms with van der Waals surface area (Å²) in [5.41, 5.74) is 2.58. The third-order valence-electron chi connectivity index (χ3n) is 10.0. The molecular weight excluding hydrogens is 652 g/mol. The number of ether oxygens (including phenoxy) is 1. The van der Waals surface area contributed by atoms with Crippen LogP contribution in [0.5, 0.6) is 0 Å². The highest BCUT2D eigenvalue weighted by Gasteiger charge is 2.35. The first-order valence-corrected chi connectivity index (χ1v) is 17.9. The number of likely N-dealkylation sites (N-methyl/N-ethyl adjacent to an activating group) is 1. The molecule has 0 bridgehead atoms. The normalized spacial score (nSPS) is 15.0. The number of hydrogen-bond donors (Lipinski definition) is 3. The van der Waals surface area contributed by atoms with Crippen molar-refractivity contribution in [3.63, 3.8) is 0 Å². The molecule has 6 rings (SSSR count). The van der Waals surface area contributed by atoms with Crippen LogP contribution in [0.3, 0.4) is 0 Å². The Kier molecular flexibility index (Phi) is 11.9. The number of benzene rings is 5. The van der Waals surface area contributed by atoms with Crippen LogP contribution in [-0.2, 0) is 43.2 Å². The van der Waals surface area contributed by atoms with E-state index in [1.54, 1.807) is 11.9 Å². The first kappa shape index (κ1) is 36.3. The molecule has 268 valence electrons. The third kappa shape index (κ3) is 9.03. The summed E-state index contributed by atoms with van der Waals surface area (Å²) in [5.74, 6) is -1.85. The van der Waals surface area contributed by atoms with Crippen molar-refractivity contribution in [1.82, 2.24) is 20.9 Å². The molecule has 1 aliphatic heterocycles. The van der Waals surface area contributed by atoms with Crippen LogP contribution >= 0.6 is 0 Å². The van der Waals surface area contributed by atoms with E-state index in [9.17, 15) is 19.2 Å². The van der Waals surface area contributed by atoms with Gasteiger partial charge in [0.25, 0.3) is 0 Å². The van der Waals surface area contributed by atoms with Crippen LogP contribution in [0, 0.1) is 5.92 Å². The lowest BCUT2D eigenvalue weighted by Gasteiger charge is -2.33. The summed E-state index contributed by atoms with van der Waals surface area (Å²) in [5, 5.41) is 13.4. The Labute approximate surface area is 304 Å². The molecule has 0 unspecified atom stereocenters. The number of esters is 1. The number of rotatable bonds is 13. The van der Waals surface area contributed by atoms with Crippen LogP contribution in [0.25, 0.3) is 21.5 Å². The molecule has 0 aliphatic carbocycles. The number of carbonyl (C=O) groups excluding carboxylic acids is 4. The Bertz CT molecular complexity index is 2030. The Balaban J connectivity index is 1.31. The quantitative estimate of drug-likeness (QED) is 0.149. The number of nitrogens with zero attached hydrogens (tertiary/aromatic N) is 1. The van der Waals surface area contributed by atoms with Gasteiger partial charge in [0, 0.05) is 32.2 Å². The summed E-state index contributed by atoms with van der Waals surface area (Å²) < 4.78 is 5.07. The predicted octanol–water partition coefficient (Wildman–Crippen LogP) is 4.99. The van der Waals surface area contributed by atoms with Gasteiger partial charge in [-0.05, 0) is 64.2 Å². The Morgan fingerprint density at radius 2 is 1.17 bits per heavy atom. The molecule has 9 heteroatoms. The minimum atomic E-state index is -1.06.